The van der Waals surface area contributed by atoms with Crippen LogP contribution in [-0.4, -0.2) is 74.8 Å². The number of carbonyl (C=O) groups excluding carboxylic acids is 1. The Morgan fingerprint density at radius 2 is 1.88 bits per heavy atom. The molecule has 1 N–H and O–H groups in total. The smallest absolute Gasteiger partial charge is 0.248 e. The van der Waals surface area contributed by atoms with Gasteiger partial charge in [-0.3, -0.25) is 9.69 Å². The van der Waals surface area contributed by atoms with Crippen LogP contribution in [0.2, 0.25) is 0 Å². The number of hydrogen-bond acceptors (Lipinski definition) is 5. The average Bonchev–Trinajstić information content (AvgIpc) is 3.16. The summed E-state index contributed by atoms with van der Waals surface area (Å²) in [4.78, 5) is 17.5. The fourth-order valence-corrected chi connectivity index (χ4v) is 3.90. The summed E-state index contributed by atoms with van der Waals surface area (Å²) in [5.74, 6) is 1.03. The maximum absolute atomic E-state index is 13.3. The molecule has 1 aliphatic carbocycles. The van der Waals surface area contributed by atoms with E-state index in [-0.39, 0.29) is 5.91 Å². The molecule has 26 heavy (non-hydrogen) atoms. The van der Waals surface area contributed by atoms with Crippen LogP contribution in [0.4, 0.5) is 5.69 Å². The first-order chi connectivity index (χ1) is 12.6. The van der Waals surface area contributed by atoms with Crippen molar-refractivity contribution in [3.05, 3.63) is 24.3 Å². The largest absolute Gasteiger partial charge is 0.497 e. The molecule has 1 saturated carbocycles. The Morgan fingerprint density at radius 3 is 2.50 bits per heavy atom. The molecule has 1 aromatic carbocycles. The zero-order valence-electron chi connectivity index (χ0n) is 16.0. The summed E-state index contributed by atoms with van der Waals surface area (Å²) in [6.45, 7) is 5.16. The molecule has 144 valence electrons. The first-order valence-electron chi connectivity index (χ1n) is 9.61. The number of likely N-dealkylation sites (N-methyl/N-ethyl adjacent to an activating group) is 1. The molecule has 0 atom stereocenters. The van der Waals surface area contributed by atoms with E-state index in [9.17, 15) is 4.79 Å². The number of morpholine rings is 1. The minimum Gasteiger partial charge on any atom is -0.497 e. The lowest BCUT2D eigenvalue weighted by molar-refractivity contribution is -0.134. The van der Waals surface area contributed by atoms with Gasteiger partial charge in [-0.15, -0.1) is 0 Å². The molecule has 6 heteroatoms. The van der Waals surface area contributed by atoms with Crippen LogP contribution in [0, 0.1) is 0 Å². The van der Waals surface area contributed by atoms with Gasteiger partial charge in [0.25, 0.3) is 0 Å². The second-order valence-electron chi connectivity index (χ2n) is 7.32. The number of methoxy groups -OCH3 is 1. The van der Waals surface area contributed by atoms with E-state index in [2.05, 4.69) is 10.2 Å². The standard InChI is InChI=1S/C20H31N3O3/c1-22(11-12-23-13-15-26-16-14-23)19(24)20(9-3-4-10-20)21-17-5-7-18(25-2)8-6-17/h5-8,21H,3-4,9-16H2,1-2H3. The number of rotatable bonds is 7. The molecule has 0 aromatic heterocycles. The third-order valence-electron chi connectivity index (χ3n) is 5.54. The predicted molar refractivity (Wildman–Crippen MR) is 103 cm³/mol. The lowest BCUT2D eigenvalue weighted by atomic mass is 9.95. The molecular formula is C20H31N3O3. The van der Waals surface area contributed by atoms with Crippen LogP contribution in [0.3, 0.4) is 0 Å². The topological polar surface area (TPSA) is 54.0 Å². The predicted octanol–water partition coefficient (Wildman–Crippen LogP) is 2.21. The summed E-state index contributed by atoms with van der Waals surface area (Å²) in [7, 11) is 3.59. The van der Waals surface area contributed by atoms with E-state index in [4.69, 9.17) is 9.47 Å². The highest BCUT2D eigenvalue weighted by Gasteiger charge is 2.42. The number of carbonyl (C=O) groups is 1. The molecule has 2 fully saturated rings. The van der Waals surface area contributed by atoms with Crippen LogP contribution in [0.5, 0.6) is 5.75 Å². The van der Waals surface area contributed by atoms with E-state index in [1.807, 2.05) is 36.2 Å². The maximum atomic E-state index is 13.3. The zero-order valence-corrected chi connectivity index (χ0v) is 16.0. The molecule has 6 nitrogen and oxygen atoms in total. The normalized spacial score (nSPS) is 19.9. The average molecular weight is 361 g/mol. The van der Waals surface area contributed by atoms with E-state index in [0.717, 1.165) is 76.5 Å². The molecule has 1 aromatic rings. The molecule has 0 unspecified atom stereocenters. The monoisotopic (exact) mass is 361 g/mol. The molecular weight excluding hydrogens is 330 g/mol. The molecule has 1 heterocycles. The number of amides is 1. The third-order valence-corrected chi connectivity index (χ3v) is 5.54. The molecule has 0 spiro atoms. The van der Waals surface area contributed by atoms with Gasteiger partial charge in [-0.2, -0.15) is 0 Å². The van der Waals surface area contributed by atoms with Crippen molar-refractivity contribution in [2.75, 3.05) is 58.9 Å². The fraction of sp³-hybridized carbons (Fsp3) is 0.650. The fourth-order valence-electron chi connectivity index (χ4n) is 3.90. The van der Waals surface area contributed by atoms with Gasteiger partial charge in [0.15, 0.2) is 0 Å². The van der Waals surface area contributed by atoms with Crippen LogP contribution in [0.25, 0.3) is 0 Å². The van der Waals surface area contributed by atoms with Crippen molar-refractivity contribution in [1.82, 2.24) is 9.80 Å². The SMILES string of the molecule is COc1ccc(NC2(C(=O)N(C)CCN3CCOCC3)CCCC2)cc1. The van der Waals surface area contributed by atoms with Crippen molar-refractivity contribution in [3.63, 3.8) is 0 Å². The van der Waals surface area contributed by atoms with Gasteiger partial charge in [0.2, 0.25) is 5.91 Å². The highest BCUT2D eigenvalue weighted by Crippen LogP contribution is 2.35. The van der Waals surface area contributed by atoms with Crippen molar-refractivity contribution in [3.8, 4) is 5.75 Å². The van der Waals surface area contributed by atoms with Crippen molar-refractivity contribution in [2.45, 2.75) is 31.2 Å². The van der Waals surface area contributed by atoms with Crippen LogP contribution < -0.4 is 10.1 Å². The van der Waals surface area contributed by atoms with E-state index in [0.29, 0.717) is 0 Å². The Morgan fingerprint density at radius 1 is 1.23 bits per heavy atom. The maximum Gasteiger partial charge on any atom is 0.248 e. The Kier molecular flexibility index (Phi) is 6.38. The Balaban J connectivity index is 1.62. The summed E-state index contributed by atoms with van der Waals surface area (Å²) in [5.41, 5.74) is 0.497. The first kappa shape index (κ1) is 19.0. The van der Waals surface area contributed by atoms with Gasteiger partial charge >= 0.3 is 0 Å². The van der Waals surface area contributed by atoms with E-state index < -0.39 is 5.54 Å². The first-order valence-corrected chi connectivity index (χ1v) is 9.61. The number of ether oxygens (including phenoxy) is 2. The number of anilines is 1. The molecule has 1 saturated heterocycles. The Labute approximate surface area is 156 Å². The van der Waals surface area contributed by atoms with Crippen molar-refractivity contribution in [1.29, 1.82) is 0 Å². The summed E-state index contributed by atoms with van der Waals surface area (Å²) >= 11 is 0. The second-order valence-corrected chi connectivity index (χ2v) is 7.32. The van der Waals surface area contributed by atoms with Gasteiger partial charge in [-0.05, 0) is 37.1 Å². The van der Waals surface area contributed by atoms with Crippen molar-refractivity contribution < 1.29 is 14.3 Å². The number of hydrogen-bond donors (Lipinski definition) is 1. The summed E-state index contributed by atoms with van der Waals surface area (Å²) in [6, 6.07) is 7.83. The molecule has 0 radical (unpaired) electrons. The summed E-state index contributed by atoms with van der Waals surface area (Å²) in [6.07, 6.45) is 3.96. The lowest BCUT2D eigenvalue weighted by Gasteiger charge is -2.35. The third kappa shape index (κ3) is 4.48. The van der Waals surface area contributed by atoms with Gasteiger partial charge in [0.1, 0.15) is 11.3 Å². The second kappa shape index (κ2) is 8.73. The highest BCUT2D eigenvalue weighted by atomic mass is 16.5. The zero-order chi connectivity index (χ0) is 18.4. The van der Waals surface area contributed by atoms with Crippen LogP contribution in [-0.2, 0) is 9.53 Å². The molecule has 1 amide bonds. The number of benzene rings is 1. The number of nitrogens with zero attached hydrogens (tertiary/aromatic N) is 2. The summed E-state index contributed by atoms with van der Waals surface area (Å²) < 4.78 is 10.6. The Bertz CT molecular complexity index is 578. The van der Waals surface area contributed by atoms with Crippen LogP contribution >= 0.6 is 0 Å². The van der Waals surface area contributed by atoms with Gasteiger partial charge in [-0.1, -0.05) is 12.8 Å². The minimum atomic E-state index is -0.478. The van der Waals surface area contributed by atoms with Crippen molar-refractivity contribution in [2.24, 2.45) is 0 Å². The van der Waals surface area contributed by atoms with Gasteiger partial charge in [0, 0.05) is 38.9 Å². The minimum absolute atomic E-state index is 0.207. The van der Waals surface area contributed by atoms with E-state index in [1.54, 1.807) is 7.11 Å². The highest BCUT2D eigenvalue weighted by molar-refractivity contribution is 5.89. The molecule has 2 aliphatic rings. The lowest BCUT2D eigenvalue weighted by Crippen LogP contribution is -2.53. The van der Waals surface area contributed by atoms with Gasteiger partial charge in [-0.25, -0.2) is 0 Å². The van der Waals surface area contributed by atoms with E-state index >= 15 is 0 Å². The molecule has 0 bridgehead atoms. The quantitative estimate of drug-likeness (QED) is 0.807. The van der Waals surface area contributed by atoms with Gasteiger partial charge < -0.3 is 19.7 Å². The van der Waals surface area contributed by atoms with Crippen molar-refractivity contribution >= 4 is 11.6 Å². The van der Waals surface area contributed by atoms with E-state index in [1.165, 1.54) is 0 Å². The molecule has 1 aliphatic heterocycles. The number of nitrogens with one attached hydrogen (secondary N) is 1. The Hall–Kier alpha value is -1.79. The van der Waals surface area contributed by atoms with Crippen LogP contribution in [0.1, 0.15) is 25.7 Å². The summed E-state index contributed by atoms with van der Waals surface area (Å²) in [5, 5.41) is 3.54. The van der Waals surface area contributed by atoms with Gasteiger partial charge in [0.05, 0.1) is 20.3 Å². The van der Waals surface area contributed by atoms with Crippen LogP contribution in [0.15, 0.2) is 24.3 Å². The molecule has 3 rings (SSSR count).